The highest BCUT2D eigenvalue weighted by molar-refractivity contribution is 5.32. The number of rotatable bonds is 6. The molecule has 0 saturated carbocycles. The zero-order chi connectivity index (χ0) is 13.7. The van der Waals surface area contributed by atoms with Crippen molar-refractivity contribution in [3.63, 3.8) is 0 Å². The predicted molar refractivity (Wildman–Crippen MR) is 77.0 cm³/mol. The monoisotopic (exact) mass is 258 g/mol. The first-order valence-corrected chi connectivity index (χ1v) is 6.81. The zero-order valence-electron chi connectivity index (χ0n) is 11.9. The number of hydrogen-bond donors (Lipinski definition) is 2. The van der Waals surface area contributed by atoms with E-state index in [0.717, 1.165) is 25.2 Å². The Bertz CT molecular complexity index is 505. The molecule has 0 fully saturated rings. The van der Waals surface area contributed by atoms with Gasteiger partial charge < -0.3 is 5.32 Å². The minimum atomic E-state index is 0.384. The average Bonchev–Trinajstić information content (AvgIpc) is 2.90. The van der Waals surface area contributed by atoms with Crippen LogP contribution in [0.15, 0.2) is 24.5 Å². The highest BCUT2D eigenvalue weighted by Gasteiger charge is 2.07. The molecule has 0 bridgehead atoms. The summed E-state index contributed by atoms with van der Waals surface area (Å²) in [5, 5.41) is 10.3. The molecule has 0 amide bonds. The third kappa shape index (κ3) is 3.89. The van der Waals surface area contributed by atoms with Crippen molar-refractivity contribution < 1.29 is 0 Å². The molecule has 0 spiro atoms. The summed E-state index contributed by atoms with van der Waals surface area (Å²) in [6, 6.07) is 7.01. The van der Waals surface area contributed by atoms with Crippen molar-refractivity contribution in [1.82, 2.24) is 20.5 Å². The normalized spacial score (nSPS) is 12.6. The topological polar surface area (TPSA) is 53.6 Å². The summed E-state index contributed by atoms with van der Waals surface area (Å²) in [6.45, 7) is 7.51. The van der Waals surface area contributed by atoms with E-state index in [1.807, 2.05) is 0 Å². The van der Waals surface area contributed by atoms with Crippen LogP contribution in [0.2, 0.25) is 0 Å². The Morgan fingerprint density at radius 1 is 1.32 bits per heavy atom. The molecule has 0 radical (unpaired) electrons. The minimum absolute atomic E-state index is 0.384. The summed E-state index contributed by atoms with van der Waals surface area (Å²) in [5.41, 5.74) is 4.05. The predicted octanol–water partition coefficient (Wildman–Crippen LogP) is 2.70. The van der Waals surface area contributed by atoms with Crippen LogP contribution in [0.1, 0.15) is 41.9 Å². The van der Waals surface area contributed by atoms with Crippen molar-refractivity contribution in [2.45, 2.75) is 39.7 Å². The van der Waals surface area contributed by atoms with Gasteiger partial charge in [0, 0.05) is 12.5 Å². The van der Waals surface area contributed by atoms with Gasteiger partial charge in [-0.1, -0.05) is 23.8 Å². The largest absolute Gasteiger partial charge is 0.310 e. The van der Waals surface area contributed by atoms with Crippen LogP contribution in [-0.4, -0.2) is 21.7 Å². The number of nitrogens with one attached hydrogen (secondary N) is 2. The van der Waals surface area contributed by atoms with E-state index in [2.05, 4.69) is 59.5 Å². The quantitative estimate of drug-likeness (QED) is 0.783. The molecular weight excluding hydrogens is 236 g/mol. The standard InChI is InChI=1S/C15H22N4/c1-11-6-7-12(2)14(9-11)13(3)16-8-4-5-15-17-10-18-19-15/h6-7,9-10,13,16H,4-5,8H2,1-3H3,(H,17,18,19). The van der Waals surface area contributed by atoms with Crippen molar-refractivity contribution in [3.05, 3.63) is 47.0 Å². The van der Waals surface area contributed by atoms with Crippen molar-refractivity contribution in [1.29, 1.82) is 0 Å². The minimum Gasteiger partial charge on any atom is -0.310 e. The summed E-state index contributed by atoms with van der Waals surface area (Å²) in [4.78, 5) is 4.12. The fraction of sp³-hybridized carbons (Fsp3) is 0.467. The first-order valence-electron chi connectivity index (χ1n) is 6.81. The second-order valence-corrected chi connectivity index (χ2v) is 5.07. The van der Waals surface area contributed by atoms with Crippen LogP contribution in [0, 0.1) is 13.8 Å². The lowest BCUT2D eigenvalue weighted by atomic mass is 10.00. The van der Waals surface area contributed by atoms with Crippen molar-refractivity contribution in [2.75, 3.05) is 6.54 Å². The van der Waals surface area contributed by atoms with Crippen LogP contribution in [0.5, 0.6) is 0 Å². The molecule has 2 aromatic rings. The van der Waals surface area contributed by atoms with Gasteiger partial charge in [-0.25, -0.2) is 4.98 Å². The van der Waals surface area contributed by atoms with Crippen LogP contribution in [-0.2, 0) is 6.42 Å². The third-order valence-corrected chi connectivity index (χ3v) is 3.41. The molecule has 4 heteroatoms. The van der Waals surface area contributed by atoms with E-state index < -0.39 is 0 Å². The lowest BCUT2D eigenvalue weighted by molar-refractivity contribution is 0.552. The first-order chi connectivity index (χ1) is 9.16. The molecule has 0 saturated heterocycles. The lowest BCUT2D eigenvalue weighted by Crippen LogP contribution is -2.21. The Hall–Kier alpha value is -1.68. The molecule has 1 aromatic heterocycles. The molecule has 0 aliphatic carbocycles. The Morgan fingerprint density at radius 2 is 2.16 bits per heavy atom. The molecule has 102 valence electrons. The molecular formula is C15H22N4. The van der Waals surface area contributed by atoms with Gasteiger partial charge in [0.15, 0.2) is 0 Å². The molecule has 1 atom stereocenters. The SMILES string of the molecule is Cc1ccc(C)c(C(C)NCCCc2ncn[nH]2)c1. The maximum atomic E-state index is 4.12. The maximum absolute atomic E-state index is 4.12. The van der Waals surface area contributed by atoms with E-state index in [9.17, 15) is 0 Å². The van der Waals surface area contributed by atoms with Gasteiger partial charge in [-0.2, -0.15) is 5.10 Å². The molecule has 1 unspecified atom stereocenters. The van der Waals surface area contributed by atoms with Crippen LogP contribution in [0.3, 0.4) is 0 Å². The van der Waals surface area contributed by atoms with Gasteiger partial charge in [0.25, 0.3) is 0 Å². The Kier molecular flexibility index (Phi) is 4.68. The maximum Gasteiger partial charge on any atom is 0.137 e. The summed E-state index contributed by atoms with van der Waals surface area (Å²) in [7, 11) is 0. The summed E-state index contributed by atoms with van der Waals surface area (Å²) in [6.07, 6.45) is 3.55. The van der Waals surface area contributed by atoms with E-state index >= 15 is 0 Å². The second-order valence-electron chi connectivity index (χ2n) is 5.07. The Labute approximate surface area is 114 Å². The van der Waals surface area contributed by atoms with Gasteiger partial charge in [-0.05, 0) is 44.9 Å². The molecule has 2 rings (SSSR count). The van der Waals surface area contributed by atoms with Gasteiger partial charge in [-0.3, -0.25) is 5.10 Å². The highest BCUT2D eigenvalue weighted by atomic mass is 15.2. The fourth-order valence-corrected chi connectivity index (χ4v) is 2.26. The second kappa shape index (κ2) is 6.48. The fourth-order valence-electron chi connectivity index (χ4n) is 2.26. The summed E-state index contributed by atoms with van der Waals surface area (Å²) in [5.74, 6) is 0.959. The molecule has 1 heterocycles. The number of benzene rings is 1. The number of nitrogens with zero attached hydrogens (tertiary/aromatic N) is 2. The van der Waals surface area contributed by atoms with Crippen LogP contribution in [0.25, 0.3) is 0 Å². The average molecular weight is 258 g/mol. The first kappa shape index (κ1) is 13.7. The van der Waals surface area contributed by atoms with Gasteiger partial charge in [0.1, 0.15) is 12.2 Å². The molecule has 1 aromatic carbocycles. The van der Waals surface area contributed by atoms with Crippen LogP contribution < -0.4 is 5.32 Å². The highest BCUT2D eigenvalue weighted by Crippen LogP contribution is 2.18. The van der Waals surface area contributed by atoms with Crippen LogP contribution in [0.4, 0.5) is 0 Å². The van der Waals surface area contributed by atoms with Gasteiger partial charge in [0.2, 0.25) is 0 Å². The van der Waals surface area contributed by atoms with Gasteiger partial charge in [-0.15, -0.1) is 0 Å². The number of aryl methyl sites for hydroxylation is 3. The number of H-pyrrole nitrogens is 1. The summed E-state index contributed by atoms with van der Waals surface area (Å²) < 4.78 is 0. The smallest absolute Gasteiger partial charge is 0.137 e. The molecule has 0 aliphatic heterocycles. The lowest BCUT2D eigenvalue weighted by Gasteiger charge is -2.17. The molecule has 0 aliphatic rings. The van der Waals surface area contributed by atoms with Gasteiger partial charge >= 0.3 is 0 Å². The van der Waals surface area contributed by atoms with E-state index in [-0.39, 0.29) is 0 Å². The molecule has 2 N–H and O–H groups in total. The van der Waals surface area contributed by atoms with Crippen molar-refractivity contribution in [2.24, 2.45) is 0 Å². The van der Waals surface area contributed by atoms with Crippen molar-refractivity contribution in [3.8, 4) is 0 Å². The Balaban J connectivity index is 1.80. The summed E-state index contributed by atoms with van der Waals surface area (Å²) >= 11 is 0. The number of aromatic amines is 1. The van der Waals surface area contributed by atoms with E-state index in [1.165, 1.54) is 16.7 Å². The van der Waals surface area contributed by atoms with Crippen molar-refractivity contribution >= 4 is 0 Å². The molecule has 4 nitrogen and oxygen atoms in total. The Morgan fingerprint density at radius 3 is 2.89 bits per heavy atom. The number of aromatic nitrogens is 3. The zero-order valence-corrected chi connectivity index (χ0v) is 11.9. The van der Waals surface area contributed by atoms with E-state index in [0.29, 0.717) is 6.04 Å². The molecule has 19 heavy (non-hydrogen) atoms. The van der Waals surface area contributed by atoms with E-state index in [4.69, 9.17) is 0 Å². The third-order valence-electron chi connectivity index (χ3n) is 3.41. The van der Waals surface area contributed by atoms with Crippen LogP contribution >= 0.6 is 0 Å². The number of hydrogen-bond acceptors (Lipinski definition) is 3. The van der Waals surface area contributed by atoms with E-state index in [1.54, 1.807) is 6.33 Å². The van der Waals surface area contributed by atoms with Gasteiger partial charge in [0.05, 0.1) is 0 Å².